The third-order valence-corrected chi connectivity index (χ3v) is 3.10. The first-order valence-corrected chi connectivity index (χ1v) is 6.68. The first-order chi connectivity index (χ1) is 9.77. The molecule has 0 fully saturated rings. The Bertz CT molecular complexity index is 658. The third-order valence-electron chi connectivity index (χ3n) is 3.10. The van der Waals surface area contributed by atoms with Gasteiger partial charge in [-0.1, -0.05) is 5.21 Å². The van der Waals surface area contributed by atoms with Crippen molar-refractivity contribution in [2.45, 2.75) is 39.8 Å². The molecule has 2 aromatic rings. The summed E-state index contributed by atoms with van der Waals surface area (Å²) >= 11 is 0. The Labute approximate surface area is 123 Å². The van der Waals surface area contributed by atoms with Gasteiger partial charge in [-0.2, -0.15) is 0 Å². The molecule has 112 valence electrons. The number of nitro groups is 1. The van der Waals surface area contributed by atoms with Gasteiger partial charge in [0, 0.05) is 17.3 Å². The van der Waals surface area contributed by atoms with E-state index < -0.39 is 0 Å². The largest absolute Gasteiger partial charge is 0.379 e. The lowest BCUT2D eigenvalue weighted by Crippen LogP contribution is -2.22. The molecular formula is C14H19N5O2. The molecule has 0 aliphatic heterocycles. The van der Waals surface area contributed by atoms with Crippen molar-refractivity contribution in [1.82, 2.24) is 15.0 Å². The van der Waals surface area contributed by atoms with E-state index in [-0.39, 0.29) is 16.1 Å². The van der Waals surface area contributed by atoms with Crippen LogP contribution in [-0.2, 0) is 12.1 Å². The van der Waals surface area contributed by atoms with E-state index in [9.17, 15) is 10.1 Å². The molecule has 7 nitrogen and oxygen atoms in total. The Morgan fingerprint density at radius 3 is 2.62 bits per heavy atom. The molecule has 1 N–H and O–H groups in total. The zero-order valence-corrected chi connectivity index (χ0v) is 12.6. The summed E-state index contributed by atoms with van der Waals surface area (Å²) < 4.78 is 1.81. The summed E-state index contributed by atoms with van der Waals surface area (Å²) in [4.78, 5) is 10.4. The van der Waals surface area contributed by atoms with Gasteiger partial charge in [-0.15, -0.1) is 5.10 Å². The van der Waals surface area contributed by atoms with Gasteiger partial charge in [0.25, 0.3) is 5.69 Å². The normalized spacial score (nSPS) is 11.4. The lowest BCUT2D eigenvalue weighted by Gasteiger charge is -2.17. The molecule has 0 atom stereocenters. The summed E-state index contributed by atoms with van der Waals surface area (Å²) in [5.74, 6) is 0. The quantitative estimate of drug-likeness (QED) is 0.691. The molecule has 2 rings (SSSR count). The highest BCUT2D eigenvalue weighted by Crippen LogP contribution is 2.22. The molecule has 0 saturated carbocycles. The van der Waals surface area contributed by atoms with Gasteiger partial charge in [0.1, 0.15) is 5.69 Å². The molecule has 1 heterocycles. The van der Waals surface area contributed by atoms with Crippen molar-refractivity contribution in [3.05, 3.63) is 45.8 Å². The molecule has 1 aromatic carbocycles. The summed E-state index contributed by atoms with van der Waals surface area (Å²) in [6.45, 7) is 8.41. The number of nitrogens with one attached hydrogen (secondary N) is 1. The minimum atomic E-state index is -0.381. The van der Waals surface area contributed by atoms with E-state index in [4.69, 9.17) is 0 Å². The average molecular weight is 289 g/mol. The monoisotopic (exact) mass is 289 g/mol. The number of aromatic nitrogens is 3. The van der Waals surface area contributed by atoms with Crippen LogP contribution in [0.2, 0.25) is 0 Å². The van der Waals surface area contributed by atoms with E-state index in [0.717, 1.165) is 11.4 Å². The number of aryl methyl sites for hydroxylation is 1. The molecule has 0 amide bonds. The summed E-state index contributed by atoms with van der Waals surface area (Å²) in [7, 11) is 0. The first-order valence-electron chi connectivity index (χ1n) is 6.68. The van der Waals surface area contributed by atoms with Crippen LogP contribution in [0.15, 0.2) is 24.4 Å². The van der Waals surface area contributed by atoms with Crippen molar-refractivity contribution >= 4 is 11.4 Å². The maximum atomic E-state index is 10.8. The van der Waals surface area contributed by atoms with Crippen LogP contribution >= 0.6 is 0 Å². The van der Waals surface area contributed by atoms with Gasteiger partial charge in [-0.3, -0.25) is 10.1 Å². The third kappa shape index (κ3) is 3.56. The maximum absolute atomic E-state index is 10.8. The highest BCUT2D eigenvalue weighted by atomic mass is 16.6. The Morgan fingerprint density at radius 2 is 2.10 bits per heavy atom. The Balaban J connectivity index is 2.05. The standard InChI is InChI=1S/C14H19N5O2/c1-10-7-11(5-6-13(10)19(20)21)15-8-12-9-18(17-16-12)14(2,3)4/h5-7,9,15H,8H2,1-4H3. The number of nitro benzene ring substituents is 1. The van der Waals surface area contributed by atoms with Crippen LogP contribution in [-0.4, -0.2) is 19.9 Å². The fourth-order valence-electron chi connectivity index (χ4n) is 1.87. The van der Waals surface area contributed by atoms with Crippen LogP contribution in [0, 0.1) is 17.0 Å². The van der Waals surface area contributed by atoms with Gasteiger partial charge in [-0.25, -0.2) is 4.68 Å². The van der Waals surface area contributed by atoms with Crippen molar-refractivity contribution in [2.24, 2.45) is 0 Å². The van der Waals surface area contributed by atoms with E-state index in [1.54, 1.807) is 19.1 Å². The van der Waals surface area contributed by atoms with Gasteiger partial charge in [-0.05, 0) is 39.8 Å². The van der Waals surface area contributed by atoms with Crippen LogP contribution in [0.1, 0.15) is 32.0 Å². The maximum Gasteiger partial charge on any atom is 0.272 e. The molecule has 0 saturated heterocycles. The number of hydrogen-bond acceptors (Lipinski definition) is 5. The molecule has 0 aliphatic rings. The zero-order valence-electron chi connectivity index (χ0n) is 12.6. The van der Waals surface area contributed by atoms with Crippen molar-refractivity contribution in [1.29, 1.82) is 0 Å². The number of rotatable bonds is 4. The number of nitrogens with zero attached hydrogens (tertiary/aromatic N) is 4. The van der Waals surface area contributed by atoms with Crippen LogP contribution in [0.3, 0.4) is 0 Å². The second-order valence-electron chi connectivity index (χ2n) is 5.94. The topological polar surface area (TPSA) is 85.9 Å². The van der Waals surface area contributed by atoms with Crippen LogP contribution in [0.4, 0.5) is 11.4 Å². The van der Waals surface area contributed by atoms with E-state index in [2.05, 4.69) is 36.4 Å². The Hall–Kier alpha value is -2.44. The molecule has 0 aliphatic carbocycles. The predicted octanol–water partition coefficient (Wildman–Crippen LogP) is 2.86. The number of anilines is 1. The minimum Gasteiger partial charge on any atom is -0.379 e. The van der Waals surface area contributed by atoms with Crippen molar-refractivity contribution < 1.29 is 4.92 Å². The Morgan fingerprint density at radius 1 is 1.38 bits per heavy atom. The predicted molar refractivity (Wildman–Crippen MR) is 80.2 cm³/mol. The second-order valence-corrected chi connectivity index (χ2v) is 5.94. The average Bonchev–Trinajstić information content (AvgIpc) is 2.84. The molecule has 0 bridgehead atoms. The molecule has 0 radical (unpaired) electrons. The van der Waals surface area contributed by atoms with Crippen molar-refractivity contribution in [2.75, 3.05) is 5.32 Å². The minimum absolute atomic E-state index is 0.102. The van der Waals surface area contributed by atoms with Crippen LogP contribution < -0.4 is 5.32 Å². The molecule has 7 heteroatoms. The van der Waals surface area contributed by atoms with E-state index in [1.807, 2.05) is 10.9 Å². The van der Waals surface area contributed by atoms with E-state index in [0.29, 0.717) is 12.1 Å². The van der Waals surface area contributed by atoms with Gasteiger partial charge in [0.05, 0.1) is 23.2 Å². The fraction of sp³-hybridized carbons (Fsp3) is 0.429. The van der Waals surface area contributed by atoms with Crippen LogP contribution in [0.25, 0.3) is 0 Å². The molecule has 1 aromatic heterocycles. The number of benzene rings is 1. The smallest absolute Gasteiger partial charge is 0.272 e. The summed E-state index contributed by atoms with van der Waals surface area (Å²) in [6.07, 6.45) is 1.89. The number of hydrogen-bond donors (Lipinski definition) is 1. The molecule has 0 spiro atoms. The van der Waals surface area contributed by atoms with Gasteiger partial charge in [0.15, 0.2) is 0 Å². The zero-order chi connectivity index (χ0) is 15.6. The lowest BCUT2D eigenvalue weighted by atomic mass is 10.1. The summed E-state index contributed by atoms with van der Waals surface area (Å²) in [6, 6.07) is 4.95. The highest BCUT2D eigenvalue weighted by molar-refractivity contribution is 5.53. The van der Waals surface area contributed by atoms with Gasteiger partial charge >= 0.3 is 0 Å². The van der Waals surface area contributed by atoms with Gasteiger partial charge < -0.3 is 5.32 Å². The fourth-order valence-corrected chi connectivity index (χ4v) is 1.87. The summed E-state index contributed by atoms with van der Waals surface area (Å²) in [5.41, 5.74) is 2.29. The van der Waals surface area contributed by atoms with Crippen molar-refractivity contribution in [3.8, 4) is 0 Å². The van der Waals surface area contributed by atoms with Crippen molar-refractivity contribution in [3.63, 3.8) is 0 Å². The first kappa shape index (κ1) is 15.0. The lowest BCUT2D eigenvalue weighted by molar-refractivity contribution is -0.385. The van der Waals surface area contributed by atoms with E-state index in [1.165, 1.54) is 6.07 Å². The van der Waals surface area contributed by atoms with Gasteiger partial charge in [0.2, 0.25) is 0 Å². The van der Waals surface area contributed by atoms with Crippen LogP contribution in [0.5, 0.6) is 0 Å². The second kappa shape index (κ2) is 5.51. The SMILES string of the molecule is Cc1cc(NCc2cn(C(C)(C)C)nn2)ccc1[N+](=O)[O-]. The highest BCUT2D eigenvalue weighted by Gasteiger charge is 2.15. The van der Waals surface area contributed by atoms with E-state index >= 15 is 0 Å². The Kier molecular flexibility index (Phi) is 3.93. The molecular weight excluding hydrogens is 270 g/mol. The molecule has 0 unspecified atom stereocenters. The molecule has 21 heavy (non-hydrogen) atoms. The summed E-state index contributed by atoms with van der Waals surface area (Å²) in [5, 5.41) is 22.2.